The number of carbonyl (C=O) groups excluding carboxylic acids is 1. The van der Waals surface area contributed by atoms with Gasteiger partial charge in [-0.3, -0.25) is 9.52 Å². The number of rotatable bonds is 6. The van der Waals surface area contributed by atoms with Crippen molar-refractivity contribution in [2.24, 2.45) is 5.92 Å². The van der Waals surface area contributed by atoms with Gasteiger partial charge in [0.05, 0.1) is 4.90 Å². The molecular weight excluding hydrogens is 456 g/mol. The van der Waals surface area contributed by atoms with Gasteiger partial charge in [0.25, 0.3) is 10.0 Å². The molecule has 6 rings (SSSR count). The number of ether oxygens (including phenoxy) is 2. The van der Waals surface area contributed by atoms with Gasteiger partial charge in [-0.05, 0) is 60.4 Å². The van der Waals surface area contributed by atoms with Crippen molar-refractivity contribution in [3.63, 3.8) is 0 Å². The Hall–Kier alpha value is -4.05. The van der Waals surface area contributed by atoms with E-state index in [0.29, 0.717) is 28.7 Å². The summed E-state index contributed by atoms with van der Waals surface area (Å²) in [7, 11) is -3.81. The van der Waals surface area contributed by atoms with Crippen molar-refractivity contribution in [1.29, 1.82) is 0 Å². The summed E-state index contributed by atoms with van der Waals surface area (Å²) in [5.74, 6) is 1.45. The van der Waals surface area contributed by atoms with Crippen molar-refractivity contribution in [1.82, 2.24) is 9.97 Å². The highest BCUT2D eigenvalue weighted by molar-refractivity contribution is 7.92. The minimum absolute atomic E-state index is 0.0161. The fourth-order valence-electron chi connectivity index (χ4n) is 3.89. The number of nitrogens with zero attached hydrogens (tertiary/aromatic N) is 1. The van der Waals surface area contributed by atoms with Crippen LogP contribution in [0.3, 0.4) is 0 Å². The maximum atomic E-state index is 12.8. The van der Waals surface area contributed by atoms with Crippen molar-refractivity contribution in [3.8, 4) is 22.6 Å². The highest BCUT2D eigenvalue weighted by Crippen LogP contribution is 2.35. The molecule has 0 bridgehead atoms. The molecule has 172 valence electrons. The number of carbonyl (C=O) groups is 1. The molecule has 0 radical (unpaired) electrons. The average Bonchev–Trinajstić information content (AvgIpc) is 3.39. The van der Waals surface area contributed by atoms with Crippen LogP contribution in [0.1, 0.15) is 12.8 Å². The summed E-state index contributed by atoms with van der Waals surface area (Å²) in [6, 6.07) is 15.3. The summed E-state index contributed by atoms with van der Waals surface area (Å²) in [4.78, 5) is 19.9. The van der Waals surface area contributed by atoms with E-state index in [-0.39, 0.29) is 23.5 Å². The van der Waals surface area contributed by atoms with Crippen LogP contribution in [0, 0.1) is 5.92 Å². The first-order valence-corrected chi connectivity index (χ1v) is 12.3. The Kier molecular flexibility index (Phi) is 4.70. The van der Waals surface area contributed by atoms with Crippen molar-refractivity contribution < 1.29 is 22.7 Å². The highest BCUT2D eigenvalue weighted by atomic mass is 32.2. The lowest BCUT2D eigenvalue weighted by Gasteiger charge is -2.11. The van der Waals surface area contributed by atoms with Gasteiger partial charge in [0, 0.05) is 29.3 Å². The van der Waals surface area contributed by atoms with E-state index >= 15 is 0 Å². The van der Waals surface area contributed by atoms with Gasteiger partial charge in [-0.2, -0.15) is 0 Å². The molecule has 3 heterocycles. The van der Waals surface area contributed by atoms with Crippen LogP contribution in [0.2, 0.25) is 0 Å². The van der Waals surface area contributed by atoms with Crippen LogP contribution in [0.4, 0.5) is 11.5 Å². The van der Waals surface area contributed by atoms with Crippen LogP contribution in [-0.4, -0.2) is 31.1 Å². The molecule has 3 N–H and O–H groups in total. The topological polar surface area (TPSA) is 122 Å². The van der Waals surface area contributed by atoms with E-state index in [1.165, 1.54) is 12.1 Å². The minimum atomic E-state index is -3.81. The van der Waals surface area contributed by atoms with Crippen LogP contribution in [0.5, 0.6) is 11.5 Å². The summed E-state index contributed by atoms with van der Waals surface area (Å²) in [5.41, 5.74) is 2.82. The van der Waals surface area contributed by atoms with Crippen molar-refractivity contribution in [2.45, 2.75) is 17.7 Å². The SMILES string of the molecule is O=C(Nc1cc(-c2ccc(NS(=O)(=O)c3ccc4c(c3)OCO4)cc2)c2cc[nH]c2n1)C1CC1. The molecule has 1 aliphatic carbocycles. The standard InChI is InChI=1S/C24H20N4O5S/c29-24(15-1-2-15)27-22-12-19(18-9-10-25-23(18)26-22)14-3-5-16(6-4-14)28-34(30,31)17-7-8-20-21(11-17)33-13-32-20/h3-12,15,28H,1-2,13H2,(H2,25,26,27,29). The van der Waals surface area contributed by atoms with Crippen molar-refractivity contribution in [3.05, 3.63) is 60.8 Å². The third-order valence-electron chi connectivity index (χ3n) is 5.83. The first-order chi connectivity index (χ1) is 16.5. The van der Waals surface area contributed by atoms with Gasteiger partial charge in [-0.25, -0.2) is 13.4 Å². The number of H-pyrrole nitrogens is 1. The zero-order chi connectivity index (χ0) is 23.3. The fraction of sp³-hybridized carbons (Fsp3) is 0.167. The number of benzene rings is 2. The number of fused-ring (bicyclic) bond motifs is 2. The average molecular weight is 477 g/mol. The van der Waals surface area contributed by atoms with Crippen LogP contribution < -0.4 is 19.5 Å². The van der Waals surface area contributed by atoms with Gasteiger partial charge in [0.2, 0.25) is 12.7 Å². The molecule has 2 aromatic heterocycles. The van der Waals surface area contributed by atoms with Gasteiger partial charge in [0.15, 0.2) is 11.5 Å². The van der Waals surface area contributed by atoms with Gasteiger partial charge < -0.3 is 19.8 Å². The molecule has 9 nitrogen and oxygen atoms in total. The van der Waals surface area contributed by atoms with E-state index in [1.54, 1.807) is 24.4 Å². The Labute approximate surface area is 195 Å². The van der Waals surface area contributed by atoms with E-state index in [0.717, 1.165) is 29.4 Å². The molecule has 4 aromatic rings. The molecule has 1 fully saturated rings. The number of hydrogen-bond donors (Lipinski definition) is 3. The molecule has 10 heteroatoms. The predicted octanol–water partition coefficient (Wildman–Crippen LogP) is 4.11. The number of hydrogen-bond acceptors (Lipinski definition) is 6. The lowest BCUT2D eigenvalue weighted by Crippen LogP contribution is -2.14. The Morgan fingerprint density at radius 2 is 1.79 bits per heavy atom. The maximum Gasteiger partial charge on any atom is 0.262 e. The maximum absolute atomic E-state index is 12.8. The Bertz CT molecular complexity index is 1530. The lowest BCUT2D eigenvalue weighted by atomic mass is 10.0. The van der Waals surface area contributed by atoms with E-state index < -0.39 is 10.0 Å². The largest absolute Gasteiger partial charge is 0.454 e. The normalized spacial score (nSPS) is 14.8. The smallest absolute Gasteiger partial charge is 0.262 e. The first-order valence-electron chi connectivity index (χ1n) is 10.8. The third kappa shape index (κ3) is 3.81. The Morgan fingerprint density at radius 3 is 2.59 bits per heavy atom. The van der Waals surface area contributed by atoms with E-state index in [1.807, 2.05) is 24.3 Å². The molecule has 0 atom stereocenters. The second-order valence-electron chi connectivity index (χ2n) is 8.26. The minimum Gasteiger partial charge on any atom is -0.454 e. The zero-order valence-electron chi connectivity index (χ0n) is 17.9. The molecular formula is C24H20N4O5S. The summed E-state index contributed by atoms with van der Waals surface area (Å²) < 4.78 is 38.8. The lowest BCUT2D eigenvalue weighted by molar-refractivity contribution is -0.117. The first kappa shape index (κ1) is 20.5. The van der Waals surface area contributed by atoms with Crippen LogP contribution >= 0.6 is 0 Å². The number of amides is 1. The summed E-state index contributed by atoms with van der Waals surface area (Å²) in [5, 5.41) is 3.79. The second kappa shape index (κ2) is 7.77. The molecule has 0 saturated heterocycles. The van der Waals surface area contributed by atoms with Gasteiger partial charge in [-0.15, -0.1) is 0 Å². The molecule has 0 unspecified atom stereocenters. The second-order valence-corrected chi connectivity index (χ2v) is 9.94. The Morgan fingerprint density at radius 1 is 1.00 bits per heavy atom. The number of aromatic amines is 1. The van der Waals surface area contributed by atoms with Crippen LogP contribution in [0.15, 0.2) is 65.7 Å². The summed E-state index contributed by atoms with van der Waals surface area (Å²) in [6.07, 6.45) is 3.61. The molecule has 2 aromatic carbocycles. The number of pyridine rings is 1. The number of sulfonamides is 1. The molecule has 34 heavy (non-hydrogen) atoms. The van der Waals surface area contributed by atoms with Crippen LogP contribution in [0.25, 0.3) is 22.2 Å². The quantitative estimate of drug-likeness (QED) is 0.385. The van der Waals surface area contributed by atoms with E-state index in [4.69, 9.17) is 9.47 Å². The summed E-state index contributed by atoms with van der Waals surface area (Å²) in [6.45, 7) is 0.0725. The van der Waals surface area contributed by atoms with Crippen molar-refractivity contribution >= 4 is 38.5 Å². The van der Waals surface area contributed by atoms with Crippen molar-refractivity contribution in [2.75, 3.05) is 16.8 Å². The summed E-state index contributed by atoms with van der Waals surface area (Å²) >= 11 is 0. The number of anilines is 2. The molecule has 1 amide bonds. The molecule has 2 aliphatic rings. The zero-order valence-corrected chi connectivity index (χ0v) is 18.7. The molecule has 0 spiro atoms. The molecule has 1 aliphatic heterocycles. The highest BCUT2D eigenvalue weighted by Gasteiger charge is 2.30. The number of aromatic nitrogens is 2. The van der Waals surface area contributed by atoms with Gasteiger partial charge in [-0.1, -0.05) is 12.1 Å². The fourth-order valence-corrected chi connectivity index (χ4v) is 4.96. The Balaban J connectivity index is 1.27. The van der Waals surface area contributed by atoms with E-state index in [2.05, 4.69) is 20.0 Å². The third-order valence-corrected chi connectivity index (χ3v) is 7.21. The predicted molar refractivity (Wildman–Crippen MR) is 126 cm³/mol. The number of nitrogens with one attached hydrogen (secondary N) is 3. The molecule has 1 saturated carbocycles. The van der Waals surface area contributed by atoms with E-state index in [9.17, 15) is 13.2 Å². The monoisotopic (exact) mass is 476 g/mol. The van der Waals surface area contributed by atoms with Crippen LogP contribution in [-0.2, 0) is 14.8 Å². The van der Waals surface area contributed by atoms with Gasteiger partial charge in [0.1, 0.15) is 11.5 Å². The van der Waals surface area contributed by atoms with Gasteiger partial charge >= 0.3 is 0 Å².